The molecule has 1 aliphatic rings. The van der Waals surface area contributed by atoms with Gasteiger partial charge in [-0.25, -0.2) is 0 Å². The lowest BCUT2D eigenvalue weighted by molar-refractivity contribution is 0.165. The fraction of sp³-hybridized carbons (Fsp3) is 0.600. The molecule has 0 spiro atoms. The first kappa shape index (κ1) is 13.4. The molecule has 1 aliphatic carbocycles. The number of hydrogen-bond donors (Lipinski definition) is 0. The van der Waals surface area contributed by atoms with Gasteiger partial charge in [0.25, 0.3) is 0 Å². The number of halogens is 2. The van der Waals surface area contributed by atoms with Crippen LogP contribution in [0.4, 0.5) is 0 Å². The minimum absolute atomic E-state index is 0.845. The Morgan fingerprint density at radius 2 is 2.00 bits per heavy atom. The van der Waals surface area contributed by atoms with Gasteiger partial charge in [-0.15, -0.1) is 0 Å². The van der Waals surface area contributed by atoms with E-state index in [9.17, 15) is 0 Å². The van der Waals surface area contributed by atoms with Crippen molar-refractivity contribution >= 4 is 27.5 Å². The summed E-state index contributed by atoms with van der Waals surface area (Å²) in [5.41, 5.74) is 1.31. The summed E-state index contributed by atoms with van der Waals surface area (Å²) in [5.74, 6) is 2.67. The van der Waals surface area contributed by atoms with Gasteiger partial charge in [0.2, 0.25) is 0 Å². The van der Waals surface area contributed by atoms with Gasteiger partial charge in [-0.2, -0.15) is 0 Å². The Morgan fingerprint density at radius 1 is 1.29 bits per heavy atom. The van der Waals surface area contributed by atoms with Crippen molar-refractivity contribution in [3.8, 4) is 0 Å². The monoisotopic (exact) mass is 314 g/mol. The molecule has 1 fully saturated rings. The molecule has 94 valence electrons. The smallest absolute Gasteiger partial charge is 0.0449 e. The zero-order chi connectivity index (χ0) is 12.4. The summed E-state index contributed by atoms with van der Waals surface area (Å²) in [6.45, 7) is 4.64. The summed E-state index contributed by atoms with van der Waals surface area (Å²) in [6.07, 6.45) is 5.33. The van der Waals surface area contributed by atoms with Crippen LogP contribution in [0.3, 0.4) is 0 Å². The fourth-order valence-electron chi connectivity index (χ4n) is 2.90. The lowest BCUT2D eigenvalue weighted by Crippen LogP contribution is -2.26. The van der Waals surface area contributed by atoms with Gasteiger partial charge in [0.15, 0.2) is 0 Å². The topological polar surface area (TPSA) is 0 Å². The molecule has 1 aromatic rings. The maximum atomic E-state index is 6.25. The number of benzene rings is 1. The minimum atomic E-state index is 0.845. The van der Waals surface area contributed by atoms with Crippen molar-refractivity contribution < 1.29 is 0 Å². The van der Waals surface area contributed by atoms with E-state index in [1.54, 1.807) is 0 Å². The zero-order valence-corrected chi connectivity index (χ0v) is 12.9. The Labute approximate surface area is 118 Å². The summed E-state index contributed by atoms with van der Waals surface area (Å²) < 4.78 is 1.07. The van der Waals surface area contributed by atoms with E-state index in [-0.39, 0.29) is 0 Å². The highest BCUT2D eigenvalue weighted by atomic mass is 79.9. The molecule has 0 nitrogen and oxygen atoms in total. The van der Waals surface area contributed by atoms with Gasteiger partial charge in [0, 0.05) is 9.50 Å². The van der Waals surface area contributed by atoms with Crippen LogP contribution >= 0.6 is 27.5 Å². The van der Waals surface area contributed by atoms with Crippen LogP contribution in [-0.4, -0.2) is 0 Å². The molecule has 0 aromatic heterocycles. The molecule has 0 N–H and O–H groups in total. The number of rotatable bonds is 4. The van der Waals surface area contributed by atoms with E-state index in [1.165, 1.54) is 24.8 Å². The average molecular weight is 316 g/mol. The van der Waals surface area contributed by atoms with Gasteiger partial charge in [0.1, 0.15) is 0 Å². The highest BCUT2D eigenvalue weighted by molar-refractivity contribution is 9.10. The first-order chi connectivity index (χ1) is 8.04. The molecule has 0 unspecified atom stereocenters. The van der Waals surface area contributed by atoms with Crippen LogP contribution in [0.15, 0.2) is 22.7 Å². The van der Waals surface area contributed by atoms with E-state index in [0.717, 1.165) is 33.7 Å². The lowest BCUT2D eigenvalue weighted by atomic mass is 9.69. The summed E-state index contributed by atoms with van der Waals surface area (Å²) in [6, 6.07) is 6.24. The molecule has 0 radical (unpaired) electrons. The first-order valence-corrected chi connectivity index (χ1v) is 7.65. The quantitative estimate of drug-likeness (QED) is 0.667. The Bertz CT molecular complexity index is 381. The van der Waals surface area contributed by atoms with Gasteiger partial charge in [0.05, 0.1) is 0 Å². The third-order valence-corrected chi connectivity index (χ3v) is 4.51. The van der Waals surface area contributed by atoms with Crippen LogP contribution in [0.5, 0.6) is 0 Å². The van der Waals surface area contributed by atoms with Gasteiger partial charge in [-0.3, -0.25) is 0 Å². The molecule has 2 rings (SSSR count). The normalized spacial score (nSPS) is 23.8. The molecular formula is C15H20BrCl. The number of hydrogen-bond acceptors (Lipinski definition) is 0. The van der Waals surface area contributed by atoms with E-state index in [4.69, 9.17) is 11.6 Å². The SMILES string of the molecule is CC(C)CC1CC(Cc2ccc(Br)cc2Cl)C1. The van der Waals surface area contributed by atoms with Crippen molar-refractivity contribution in [2.45, 2.75) is 39.5 Å². The molecule has 0 amide bonds. The molecule has 0 atom stereocenters. The van der Waals surface area contributed by atoms with Crippen molar-refractivity contribution in [1.82, 2.24) is 0 Å². The standard InChI is InChI=1S/C15H20BrCl/c1-10(2)5-11-6-12(7-11)8-13-3-4-14(16)9-15(13)17/h3-4,9-12H,5-8H2,1-2H3. The van der Waals surface area contributed by atoms with Crippen molar-refractivity contribution in [3.63, 3.8) is 0 Å². The lowest BCUT2D eigenvalue weighted by Gasteiger charge is -2.36. The van der Waals surface area contributed by atoms with E-state index in [2.05, 4.69) is 41.9 Å². The van der Waals surface area contributed by atoms with E-state index < -0.39 is 0 Å². The van der Waals surface area contributed by atoms with Gasteiger partial charge in [-0.05, 0) is 61.1 Å². The van der Waals surface area contributed by atoms with Crippen molar-refractivity contribution in [2.75, 3.05) is 0 Å². The van der Waals surface area contributed by atoms with Gasteiger partial charge in [-0.1, -0.05) is 47.4 Å². The summed E-state index contributed by atoms with van der Waals surface area (Å²) in [5, 5.41) is 0.909. The molecule has 0 heterocycles. The Balaban J connectivity index is 1.83. The van der Waals surface area contributed by atoms with Crippen LogP contribution < -0.4 is 0 Å². The Kier molecular flexibility index (Phi) is 4.54. The van der Waals surface area contributed by atoms with Crippen LogP contribution in [0.2, 0.25) is 5.02 Å². The maximum Gasteiger partial charge on any atom is 0.0449 e. The highest BCUT2D eigenvalue weighted by Gasteiger charge is 2.29. The molecule has 1 aromatic carbocycles. The van der Waals surface area contributed by atoms with Crippen molar-refractivity contribution in [2.24, 2.45) is 17.8 Å². The summed E-state index contributed by atoms with van der Waals surface area (Å²) >= 11 is 9.69. The molecule has 17 heavy (non-hydrogen) atoms. The summed E-state index contributed by atoms with van der Waals surface area (Å²) in [4.78, 5) is 0. The Hall–Kier alpha value is -0.0100. The molecule has 0 saturated heterocycles. The van der Waals surface area contributed by atoms with E-state index in [1.807, 2.05) is 6.07 Å². The van der Waals surface area contributed by atoms with Crippen molar-refractivity contribution in [1.29, 1.82) is 0 Å². The second-order valence-corrected chi connectivity index (χ2v) is 7.10. The van der Waals surface area contributed by atoms with Crippen LogP contribution in [0.1, 0.15) is 38.7 Å². The van der Waals surface area contributed by atoms with Gasteiger partial charge < -0.3 is 0 Å². The van der Waals surface area contributed by atoms with Crippen LogP contribution in [0, 0.1) is 17.8 Å². The van der Waals surface area contributed by atoms with Crippen LogP contribution in [0.25, 0.3) is 0 Å². The molecular weight excluding hydrogens is 296 g/mol. The third kappa shape index (κ3) is 3.72. The van der Waals surface area contributed by atoms with Gasteiger partial charge >= 0.3 is 0 Å². The predicted octanol–water partition coefficient (Wildman–Crippen LogP) is 5.72. The largest absolute Gasteiger partial charge is 0.0840 e. The second kappa shape index (κ2) is 5.75. The molecule has 2 heteroatoms. The first-order valence-electron chi connectivity index (χ1n) is 6.48. The third-order valence-electron chi connectivity index (χ3n) is 3.66. The zero-order valence-electron chi connectivity index (χ0n) is 10.5. The fourth-order valence-corrected chi connectivity index (χ4v) is 3.65. The highest BCUT2D eigenvalue weighted by Crippen LogP contribution is 2.40. The predicted molar refractivity (Wildman–Crippen MR) is 78.5 cm³/mol. The Morgan fingerprint density at radius 3 is 2.59 bits per heavy atom. The van der Waals surface area contributed by atoms with Crippen molar-refractivity contribution in [3.05, 3.63) is 33.3 Å². The average Bonchev–Trinajstić information content (AvgIpc) is 2.17. The van der Waals surface area contributed by atoms with E-state index in [0.29, 0.717) is 0 Å². The van der Waals surface area contributed by atoms with E-state index >= 15 is 0 Å². The maximum absolute atomic E-state index is 6.25. The molecule has 0 bridgehead atoms. The molecule has 1 saturated carbocycles. The molecule has 0 aliphatic heterocycles. The van der Waals surface area contributed by atoms with Crippen LogP contribution in [-0.2, 0) is 6.42 Å². The minimum Gasteiger partial charge on any atom is -0.0840 e. The second-order valence-electron chi connectivity index (χ2n) is 5.77. The summed E-state index contributed by atoms with van der Waals surface area (Å²) in [7, 11) is 0.